The van der Waals surface area contributed by atoms with Crippen molar-refractivity contribution in [2.24, 2.45) is 12.8 Å². The van der Waals surface area contributed by atoms with Crippen LogP contribution in [0.5, 0.6) is 0 Å². The molecule has 0 radical (unpaired) electrons. The Morgan fingerprint density at radius 3 is 2.55 bits per heavy atom. The summed E-state index contributed by atoms with van der Waals surface area (Å²) in [5.74, 6) is 0. The lowest BCUT2D eigenvalue weighted by Crippen LogP contribution is -2.12. The van der Waals surface area contributed by atoms with Gasteiger partial charge in [-0.05, 0) is 29.3 Å². The van der Waals surface area contributed by atoms with E-state index in [9.17, 15) is 0 Å². The Hall–Kier alpha value is -1.48. The van der Waals surface area contributed by atoms with Gasteiger partial charge in [0.25, 0.3) is 0 Å². The standard InChI is InChI=1S/C16H14Cl2N2/c1-20-9-13(11-4-2-3-5-15(11)20)16(19)12-7-6-10(17)8-14(12)18/h2-9,16H,19H2,1H3. The summed E-state index contributed by atoms with van der Waals surface area (Å²) in [6.07, 6.45) is 2.06. The lowest BCUT2D eigenvalue weighted by atomic mass is 9.99. The number of nitrogens with zero attached hydrogens (tertiary/aromatic N) is 1. The smallest absolute Gasteiger partial charge is 0.0587 e. The normalized spacial score (nSPS) is 12.8. The van der Waals surface area contributed by atoms with E-state index >= 15 is 0 Å². The van der Waals surface area contributed by atoms with Crippen LogP contribution in [0.2, 0.25) is 10.0 Å². The molecule has 1 aromatic heterocycles. The largest absolute Gasteiger partial charge is 0.350 e. The van der Waals surface area contributed by atoms with Crippen molar-refractivity contribution < 1.29 is 0 Å². The molecule has 0 saturated carbocycles. The number of rotatable bonds is 2. The lowest BCUT2D eigenvalue weighted by Gasteiger charge is -2.13. The van der Waals surface area contributed by atoms with Crippen molar-refractivity contribution in [3.8, 4) is 0 Å². The second kappa shape index (κ2) is 5.13. The van der Waals surface area contributed by atoms with Crippen molar-refractivity contribution in [1.82, 2.24) is 4.57 Å². The summed E-state index contributed by atoms with van der Waals surface area (Å²) in [7, 11) is 2.02. The maximum absolute atomic E-state index is 6.41. The topological polar surface area (TPSA) is 30.9 Å². The van der Waals surface area contributed by atoms with Crippen LogP contribution in [0, 0.1) is 0 Å². The van der Waals surface area contributed by atoms with Gasteiger partial charge in [-0.3, -0.25) is 0 Å². The molecule has 1 atom stereocenters. The molecule has 1 heterocycles. The van der Waals surface area contributed by atoms with Crippen molar-refractivity contribution in [2.75, 3.05) is 0 Å². The van der Waals surface area contributed by atoms with Crippen LogP contribution in [-0.2, 0) is 7.05 Å². The van der Waals surface area contributed by atoms with Crippen molar-refractivity contribution in [1.29, 1.82) is 0 Å². The molecule has 0 saturated heterocycles. The fraction of sp³-hybridized carbons (Fsp3) is 0.125. The molecule has 2 nitrogen and oxygen atoms in total. The summed E-state index contributed by atoms with van der Waals surface area (Å²) in [6.45, 7) is 0. The number of hydrogen-bond donors (Lipinski definition) is 1. The Bertz CT molecular complexity index is 777. The molecule has 0 amide bonds. The van der Waals surface area contributed by atoms with E-state index in [-0.39, 0.29) is 6.04 Å². The van der Waals surface area contributed by atoms with Crippen LogP contribution in [0.1, 0.15) is 17.2 Å². The van der Waals surface area contributed by atoms with Gasteiger partial charge in [-0.25, -0.2) is 0 Å². The van der Waals surface area contributed by atoms with Crippen LogP contribution in [0.3, 0.4) is 0 Å². The van der Waals surface area contributed by atoms with Crippen LogP contribution < -0.4 is 5.73 Å². The van der Waals surface area contributed by atoms with Gasteiger partial charge in [-0.1, -0.05) is 47.5 Å². The first-order chi connectivity index (χ1) is 9.58. The summed E-state index contributed by atoms with van der Waals surface area (Å²) >= 11 is 12.2. The molecule has 0 fully saturated rings. The quantitative estimate of drug-likeness (QED) is 0.740. The lowest BCUT2D eigenvalue weighted by molar-refractivity contribution is 0.862. The monoisotopic (exact) mass is 304 g/mol. The number of nitrogens with two attached hydrogens (primary N) is 1. The predicted molar refractivity (Wildman–Crippen MR) is 85.4 cm³/mol. The van der Waals surface area contributed by atoms with Crippen molar-refractivity contribution >= 4 is 34.1 Å². The molecule has 0 bridgehead atoms. The first-order valence-electron chi connectivity index (χ1n) is 6.32. The molecule has 3 rings (SSSR count). The molecule has 2 N–H and O–H groups in total. The van der Waals surface area contributed by atoms with Crippen LogP contribution >= 0.6 is 23.2 Å². The van der Waals surface area contributed by atoms with Crippen molar-refractivity contribution in [2.45, 2.75) is 6.04 Å². The molecule has 0 aliphatic heterocycles. The van der Waals surface area contributed by atoms with Gasteiger partial charge in [-0.2, -0.15) is 0 Å². The maximum atomic E-state index is 6.41. The van der Waals surface area contributed by atoms with Gasteiger partial charge in [0.05, 0.1) is 6.04 Å². The van der Waals surface area contributed by atoms with Crippen molar-refractivity contribution in [3.05, 3.63) is 69.8 Å². The molecule has 102 valence electrons. The molecule has 0 spiro atoms. The number of aromatic nitrogens is 1. The first kappa shape index (κ1) is 13.5. The Morgan fingerprint density at radius 1 is 1.05 bits per heavy atom. The fourth-order valence-corrected chi connectivity index (χ4v) is 3.07. The number of benzene rings is 2. The SMILES string of the molecule is Cn1cc(C(N)c2ccc(Cl)cc2Cl)c2ccccc21. The molecular weight excluding hydrogens is 291 g/mol. The molecule has 0 aliphatic rings. The van der Waals surface area contributed by atoms with Crippen molar-refractivity contribution in [3.63, 3.8) is 0 Å². The average molecular weight is 305 g/mol. The molecule has 1 unspecified atom stereocenters. The molecule has 2 aromatic carbocycles. The van der Waals surface area contributed by atoms with E-state index in [4.69, 9.17) is 28.9 Å². The first-order valence-corrected chi connectivity index (χ1v) is 7.08. The van der Waals surface area contributed by atoms with Gasteiger partial charge in [0.1, 0.15) is 0 Å². The van der Waals surface area contributed by atoms with Gasteiger partial charge >= 0.3 is 0 Å². The third-order valence-electron chi connectivity index (χ3n) is 3.56. The van der Waals surface area contributed by atoms with Crippen LogP contribution in [-0.4, -0.2) is 4.57 Å². The zero-order chi connectivity index (χ0) is 14.3. The zero-order valence-electron chi connectivity index (χ0n) is 11.0. The van der Waals surface area contributed by atoms with Gasteiger partial charge in [0, 0.05) is 34.2 Å². The number of para-hydroxylation sites is 1. The highest BCUT2D eigenvalue weighted by Crippen LogP contribution is 2.33. The highest BCUT2D eigenvalue weighted by atomic mass is 35.5. The molecule has 3 aromatic rings. The molecule has 4 heteroatoms. The Kier molecular flexibility index (Phi) is 3.47. The molecule has 20 heavy (non-hydrogen) atoms. The van der Waals surface area contributed by atoms with E-state index in [0.29, 0.717) is 10.0 Å². The van der Waals surface area contributed by atoms with E-state index in [1.807, 2.05) is 31.3 Å². The molecular formula is C16H14Cl2N2. The second-order valence-electron chi connectivity index (χ2n) is 4.86. The Morgan fingerprint density at radius 2 is 1.80 bits per heavy atom. The predicted octanol–water partition coefficient (Wildman–Crippen LogP) is 4.53. The summed E-state index contributed by atoms with van der Waals surface area (Å²) in [4.78, 5) is 0. The Labute approximate surface area is 127 Å². The van der Waals surface area contributed by atoms with E-state index in [1.165, 1.54) is 0 Å². The summed E-state index contributed by atoms with van der Waals surface area (Å²) in [5, 5.41) is 2.36. The number of halogens is 2. The maximum Gasteiger partial charge on any atom is 0.0587 e. The second-order valence-corrected chi connectivity index (χ2v) is 5.70. The minimum atomic E-state index is -0.272. The van der Waals surface area contributed by atoms with Gasteiger partial charge in [-0.15, -0.1) is 0 Å². The van der Waals surface area contributed by atoms with E-state index < -0.39 is 0 Å². The number of hydrogen-bond acceptors (Lipinski definition) is 1. The average Bonchev–Trinajstić information content (AvgIpc) is 2.76. The van der Waals surface area contributed by atoms with Gasteiger partial charge in [0.15, 0.2) is 0 Å². The van der Waals surface area contributed by atoms with E-state index in [2.05, 4.69) is 22.9 Å². The van der Waals surface area contributed by atoms with Crippen LogP contribution in [0.4, 0.5) is 0 Å². The minimum absolute atomic E-state index is 0.272. The third kappa shape index (κ3) is 2.20. The highest BCUT2D eigenvalue weighted by molar-refractivity contribution is 6.35. The third-order valence-corrected chi connectivity index (χ3v) is 4.12. The zero-order valence-corrected chi connectivity index (χ0v) is 12.5. The molecule has 0 aliphatic carbocycles. The summed E-state index contributed by atoms with van der Waals surface area (Å²) in [6, 6.07) is 13.3. The van der Waals surface area contributed by atoms with Gasteiger partial charge < -0.3 is 10.3 Å². The fourth-order valence-electron chi connectivity index (χ4n) is 2.54. The van der Waals surface area contributed by atoms with E-state index in [1.54, 1.807) is 6.07 Å². The number of fused-ring (bicyclic) bond motifs is 1. The van der Waals surface area contributed by atoms with Gasteiger partial charge in [0.2, 0.25) is 0 Å². The van der Waals surface area contributed by atoms with Crippen LogP contribution in [0.15, 0.2) is 48.7 Å². The summed E-state index contributed by atoms with van der Waals surface area (Å²) < 4.78 is 2.08. The number of aryl methyl sites for hydroxylation is 1. The van der Waals surface area contributed by atoms with Crippen LogP contribution in [0.25, 0.3) is 10.9 Å². The minimum Gasteiger partial charge on any atom is -0.350 e. The Balaban J connectivity index is 2.15. The summed E-state index contributed by atoms with van der Waals surface area (Å²) in [5.41, 5.74) is 9.51. The highest BCUT2D eigenvalue weighted by Gasteiger charge is 2.17. The van der Waals surface area contributed by atoms with E-state index in [0.717, 1.165) is 22.0 Å².